The minimum absolute atomic E-state index is 0.111. The van der Waals surface area contributed by atoms with Crippen molar-refractivity contribution in [2.75, 3.05) is 0 Å². The highest BCUT2D eigenvalue weighted by Gasteiger charge is 2.60. The van der Waals surface area contributed by atoms with Gasteiger partial charge in [0.15, 0.2) is 0 Å². The molecule has 5 rings (SSSR count). The van der Waals surface area contributed by atoms with Crippen LogP contribution < -0.4 is 0 Å². The average Bonchev–Trinajstić information content (AvgIpc) is 3.20. The Hall–Kier alpha value is -2.23. The van der Waals surface area contributed by atoms with Crippen LogP contribution in [0, 0.1) is 34.5 Å². The molecule has 4 nitrogen and oxygen atoms in total. The molecule has 182 valence electrons. The number of hydrogen-bond acceptors (Lipinski definition) is 3. The molecule has 0 aromatic heterocycles. The number of aromatic carboxylic acids is 1. The molecule has 0 aliphatic heterocycles. The van der Waals surface area contributed by atoms with Crippen molar-refractivity contribution >= 4 is 17.5 Å². The molecule has 4 heteroatoms. The van der Waals surface area contributed by atoms with Gasteiger partial charge >= 0.3 is 5.97 Å². The molecule has 0 saturated heterocycles. The predicted molar refractivity (Wildman–Crippen MR) is 132 cm³/mol. The summed E-state index contributed by atoms with van der Waals surface area (Å²) < 4.78 is 0. The fraction of sp³-hybridized carbons (Fsp3) is 0.633. The van der Waals surface area contributed by atoms with Crippen LogP contribution in [-0.4, -0.2) is 22.6 Å². The number of aryl methyl sites for hydroxylation is 1. The number of hydrogen-bond donors (Lipinski definition) is 1. The van der Waals surface area contributed by atoms with Gasteiger partial charge in [0.2, 0.25) is 0 Å². The summed E-state index contributed by atoms with van der Waals surface area (Å²) in [5.41, 5.74) is 3.19. The SMILES string of the molecule is CC(=O)[C@H]1CC[C@H]2[C@@H]3CC=C4CC(=O)CC[C@@]4(C)[C@@H]3CC[C@]12CCCc1ccc(C(=O)O)cc1. The Morgan fingerprint density at radius 1 is 1.06 bits per heavy atom. The van der Waals surface area contributed by atoms with E-state index in [1.165, 1.54) is 17.6 Å². The van der Waals surface area contributed by atoms with Gasteiger partial charge in [0.25, 0.3) is 0 Å². The van der Waals surface area contributed by atoms with Gasteiger partial charge in [-0.15, -0.1) is 0 Å². The molecule has 0 amide bonds. The van der Waals surface area contributed by atoms with Crippen LogP contribution >= 0.6 is 0 Å². The van der Waals surface area contributed by atoms with E-state index in [1.807, 2.05) is 12.1 Å². The molecule has 3 saturated carbocycles. The van der Waals surface area contributed by atoms with Crippen LogP contribution in [0.25, 0.3) is 0 Å². The largest absolute Gasteiger partial charge is 0.478 e. The number of carbonyl (C=O) groups excluding carboxylic acids is 2. The molecule has 4 aliphatic rings. The first kappa shape index (κ1) is 23.5. The van der Waals surface area contributed by atoms with E-state index in [2.05, 4.69) is 13.0 Å². The van der Waals surface area contributed by atoms with Crippen LogP contribution in [0.2, 0.25) is 0 Å². The molecule has 1 N–H and O–H groups in total. The van der Waals surface area contributed by atoms with Gasteiger partial charge in [-0.05, 0) is 111 Å². The van der Waals surface area contributed by atoms with Crippen molar-refractivity contribution in [2.45, 2.75) is 84.5 Å². The summed E-state index contributed by atoms with van der Waals surface area (Å²) >= 11 is 0. The van der Waals surface area contributed by atoms with Crippen molar-refractivity contribution in [3.63, 3.8) is 0 Å². The zero-order valence-corrected chi connectivity index (χ0v) is 20.6. The standard InChI is InChI=1S/C30H38O4/c1-19(31)25-11-12-27-24-10-9-22-18-23(32)13-16-29(22,2)26(24)14-17-30(25,27)15-3-4-20-5-7-21(8-6-20)28(33)34/h5-9,24-27H,3-4,10-18H2,1-2H3,(H,33,34)/t24-,25-,26-,27+,29-,30-/m1/s1. The van der Waals surface area contributed by atoms with Crippen LogP contribution in [0.5, 0.6) is 0 Å². The number of Topliss-reactive ketones (excluding diaryl/α,β-unsaturated/α-hetero) is 2. The van der Waals surface area contributed by atoms with Crippen molar-refractivity contribution in [2.24, 2.45) is 34.5 Å². The van der Waals surface area contributed by atoms with Crippen molar-refractivity contribution in [1.29, 1.82) is 0 Å². The molecule has 0 unspecified atom stereocenters. The van der Waals surface area contributed by atoms with E-state index in [0.29, 0.717) is 41.3 Å². The predicted octanol–water partition coefficient (Wildman–Crippen LogP) is 6.42. The number of carboxylic acids is 1. The molecule has 0 heterocycles. The van der Waals surface area contributed by atoms with E-state index in [4.69, 9.17) is 5.11 Å². The first-order valence-electron chi connectivity index (χ1n) is 13.3. The Balaban J connectivity index is 1.36. The van der Waals surface area contributed by atoms with Crippen molar-refractivity contribution in [1.82, 2.24) is 0 Å². The summed E-state index contributed by atoms with van der Waals surface area (Å²) in [5, 5.41) is 9.15. The maximum atomic E-state index is 12.8. The number of rotatable bonds is 6. The zero-order chi connectivity index (χ0) is 24.1. The van der Waals surface area contributed by atoms with E-state index in [0.717, 1.165) is 57.8 Å². The molecular formula is C30H38O4. The highest BCUT2D eigenvalue weighted by molar-refractivity contribution is 5.87. The lowest BCUT2D eigenvalue weighted by Gasteiger charge is -2.58. The van der Waals surface area contributed by atoms with E-state index < -0.39 is 5.97 Å². The number of carboxylic acid groups (broad SMARTS) is 1. The number of ketones is 2. The minimum Gasteiger partial charge on any atom is -0.478 e. The smallest absolute Gasteiger partial charge is 0.335 e. The molecule has 3 fully saturated rings. The molecular weight excluding hydrogens is 424 g/mol. The van der Waals surface area contributed by atoms with Crippen LogP contribution in [0.15, 0.2) is 35.9 Å². The van der Waals surface area contributed by atoms with Gasteiger partial charge in [-0.3, -0.25) is 9.59 Å². The fourth-order valence-corrected chi connectivity index (χ4v) is 8.82. The Morgan fingerprint density at radius 3 is 2.53 bits per heavy atom. The van der Waals surface area contributed by atoms with Gasteiger partial charge in [0.05, 0.1) is 5.56 Å². The third-order valence-electron chi connectivity index (χ3n) is 10.5. The van der Waals surface area contributed by atoms with Gasteiger partial charge in [-0.1, -0.05) is 30.7 Å². The number of fused-ring (bicyclic) bond motifs is 5. The lowest BCUT2D eigenvalue weighted by Crippen LogP contribution is -2.51. The normalized spacial score (nSPS) is 36.8. The summed E-state index contributed by atoms with van der Waals surface area (Å²) in [5.74, 6) is 1.94. The Bertz CT molecular complexity index is 1020. The van der Waals surface area contributed by atoms with Crippen LogP contribution in [0.3, 0.4) is 0 Å². The van der Waals surface area contributed by atoms with E-state index in [9.17, 15) is 14.4 Å². The van der Waals surface area contributed by atoms with Crippen molar-refractivity contribution in [3.8, 4) is 0 Å². The lowest BCUT2D eigenvalue weighted by atomic mass is 9.46. The maximum Gasteiger partial charge on any atom is 0.335 e. The molecule has 34 heavy (non-hydrogen) atoms. The van der Waals surface area contributed by atoms with Crippen molar-refractivity contribution < 1.29 is 19.5 Å². The minimum atomic E-state index is -0.888. The molecule has 0 radical (unpaired) electrons. The van der Waals surface area contributed by atoms with E-state index in [1.54, 1.807) is 19.1 Å². The van der Waals surface area contributed by atoms with E-state index >= 15 is 0 Å². The van der Waals surface area contributed by atoms with Gasteiger partial charge in [0, 0.05) is 18.8 Å². The Kier molecular flexibility index (Phi) is 6.06. The summed E-state index contributed by atoms with van der Waals surface area (Å²) in [6.07, 6.45) is 13.4. The number of carbonyl (C=O) groups is 3. The second kappa shape index (κ2) is 8.77. The fourth-order valence-electron chi connectivity index (χ4n) is 8.82. The maximum absolute atomic E-state index is 12.8. The van der Waals surface area contributed by atoms with E-state index in [-0.39, 0.29) is 16.7 Å². The molecule has 0 bridgehead atoms. The summed E-state index contributed by atoms with van der Waals surface area (Å²) in [6, 6.07) is 7.26. The van der Waals surface area contributed by atoms with Gasteiger partial charge in [-0.2, -0.15) is 0 Å². The Morgan fingerprint density at radius 2 is 1.82 bits per heavy atom. The first-order valence-corrected chi connectivity index (χ1v) is 13.3. The third kappa shape index (κ3) is 3.78. The highest BCUT2D eigenvalue weighted by atomic mass is 16.4. The average molecular weight is 463 g/mol. The van der Waals surface area contributed by atoms with Gasteiger partial charge in [-0.25, -0.2) is 4.79 Å². The summed E-state index contributed by atoms with van der Waals surface area (Å²) in [6.45, 7) is 4.23. The highest BCUT2D eigenvalue weighted by Crippen LogP contribution is 2.67. The quantitative estimate of drug-likeness (QED) is 0.495. The number of allylic oxidation sites excluding steroid dienone is 2. The summed E-state index contributed by atoms with van der Waals surface area (Å²) in [7, 11) is 0. The molecule has 0 spiro atoms. The van der Waals surface area contributed by atoms with Crippen LogP contribution in [-0.2, 0) is 16.0 Å². The van der Waals surface area contributed by atoms with Crippen LogP contribution in [0.4, 0.5) is 0 Å². The zero-order valence-electron chi connectivity index (χ0n) is 20.6. The van der Waals surface area contributed by atoms with Gasteiger partial charge < -0.3 is 5.11 Å². The first-order chi connectivity index (χ1) is 16.2. The molecule has 4 aliphatic carbocycles. The topological polar surface area (TPSA) is 71.4 Å². The van der Waals surface area contributed by atoms with Gasteiger partial charge in [0.1, 0.15) is 11.6 Å². The second-order valence-electron chi connectivity index (χ2n) is 11.8. The Labute approximate surface area is 203 Å². The molecule has 1 aromatic carbocycles. The lowest BCUT2D eigenvalue weighted by molar-refractivity contribution is -0.130. The monoisotopic (exact) mass is 462 g/mol. The van der Waals surface area contributed by atoms with Crippen LogP contribution in [0.1, 0.15) is 94.0 Å². The second-order valence-corrected chi connectivity index (χ2v) is 11.8. The van der Waals surface area contributed by atoms with Crippen molar-refractivity contribution in [3.05, 3.63) is 47.0 Å². The molecule has 1 aromatic rings. The summed E-state index contributed by atoms with van der Waals surface area (Å²) in [4.78, 5) is 36.1. The molecule has 6 atom stereocenters. The third-order valence-corrected chi connectivity index (χ3v) is 10.5. The number of benzene rings is 1.